The van der Waals surface area contributed by atoms with Crippen molar-refractivity contribution in [3.8, 4) is 0 Å². The zero-order valence-electron chi connectivity index (χ0n) is 8.61. The minimum Gasteiger partial charge on any atom is -0.389 e. The lowest BCUT2D eigenvalue weighted by molar-refractivity contribution is 0.528. The van der Waals surface area contributed by atoms with Gasteiger partial charge in [0, 0.05) is 12.2 Å². The van der Waals surface area contributed by atoms with Crippen LogP contribution in [0.4, 0.5) is 0 Å². The van der Waals surface area contributed by atoms with Gasteiger partial charge in [0.15, 0.2) is 0 Å². The van der Waals surface area contributed by atoms with Crippen LogP contribution in [0, 0.1) is 5.92 Å². The fraction of sp³-hybridized carbons (Fsp3) is 0.636. The maximum absolute atomic E-state index is 3.97. The molecule has 70 valence electrons. The van der Waals surface area contributed by atoms with Crippen LogP contribution in [0.1, 0.15) is 33.6 Å². The molecule has 0 spiro atoms. The minimum absolute atomic E-state index is 0.664. The Bertz CT molecular complexity index is 158. The predicted molar refractivity (Wildman–Crippen MR) is 56.0 cm³/mol. The van der Waals surface area contributed by atoms with Crippen molar-refractivity contribution in [1.82, 2.24) is 5.32 Å². The van der Waals surface area contributed by atoms with Gasteiger partial charge in [0.2, 0.25) is 0 Å². The Balaban J connectivity index is 3.59. The molecular weight excluding hydrogens is 146 g/mol. The van der Waals surface area contributed by atoms with E-state index in [9.17, 15) is 0 Å². The maximum Gasteiger partial charge on any atom is 0.0149 e. The molecule has 1 nitrogen and oxygen atoms in total. The van der Waals surface area contributed by atoms with Crippen LogP contribution in [0.3, 0.4) is 0 Å². The molecule has 0 aliphatic rings. The molecule has 0 amide bonds. The Kier molecular flexibility index (Phi) is 5.52. The number of hydrogen-bond acceptors (Lipinski definition) is 1. The van der Waals surface area contributed by atoms with E-state index < -0.39 is 0 Å². The zero-order chi connectivity index (χ0) is 9.56. The van der Waals surface area contributed by atoms with Crippen molar-refractivity contribution in [2.24, 2.45) is 5.92 Å². The second-order valence-electron chi connectivity index (χ2n) is 3.45. The second-order valence-corrected chi connectivity index (χ2v) is 3.45. The van der Waals surface area contributed by atoms with Crippen molar-refractivity contribution >= 4 is 0 Å². The van der Waals surface area contributed by atoms with E-state index in [2.05, 4.69) is 32.3 Å². The lowest BCUT2D eigenvalue weighted by Crippen LogP contribution is -2.15. The highest BCUT2D eigenvalue weighted by molar-refractivity contribution is 4.96. The summed E-state index contributed by atoms with van der Waals surface area (Å²) in [7, 11) is 0. The number of rotatable bonds is 6. The van der Waals surface area contributed by atoms with Gasteiger partial charge in [-0.2, -0.15) is 0 Å². The van der Waals surface area contributed by atoms with E-state index in [-0.39, 0.29) is 0 Å². The van der Waals surface area contributed by atoms with Crippen molar-refractivity contribution in [2.75, 3.05) is 6.54 Å². The molecule has 0 aromatic rings. The molecule has 0 saturated heterocycles. The van der Waals surface area contributed by atoms with Crippen LogP contribution < -0.4 is 5.32 Å². The summed E-state index contributed by atoms with van der Waals surface area (Å²) in [5.74, 6) is 0.664. The third-order valence-electron chi connectivity index (χ3n) is 2.11. The highest BCUT2D eigenvalue weighted by atomic mass is 14.9. The maximum atomic E-state index is 3.97. The molecule has 12 heavy (non-hydrogen) atoms. The van der Waals surface area contributed by atoms with Crippen molar-refractivity contribution < 1.29 is 0 Å². The van der Waals surface area contributed by atoms with Gasteiger partial charge >= 0.3 is 0 Å². The van der Waals surface area contributed by atoms with Crippen molar-refractivity contribution in [1.29, 1.82) is 0 Å². The largest absolute Gasteiger partial charge is 0.389 e. The second kappa shape index (κ2) is 5.87. The quantitative estimate of drug-likeness (QED) is 0.599. The molecule has 1 unspecified atom stereocenters. The Morgan fingerprint density at radius 1 is 1.33 bits per heavy atom. The van der Waals surface area contributed by atoms with Crippen LogP contribution in [-0.2, 0) is 0 Å². The van der Waals surface area contributed by atoms with Crippen molar-refractivity contribution in [2.45, 2.75) is 33.6 Å². The first-order chi connectivity index (χ1) is 5.57. The summed E-state index contributed by atoms with van der Waals surface area (Å²) in [6, 6.07) is 0. The molecule has 0 aromatic heterocycles. The summed E-state index contributed by atoms with van der Waals surface area (Å²) >= 11 is 0. The number of nitrogens with one attached hydrogen (secondary N) is 1. The third kappa shape index (κ3) is 5.00. The molecular formula is C11H21N. The van der Waals surface area contributed by atoms with E-state index in [1.165, 1.54) is 18.4 Å². The van der Waals surface area contributed by atoms with Crippen LogP contribution in [-0.4, -0.2) is 6.54 Å². The first kappa shape index (κ1) is 11.3. The molecule has 0 aliphatic carbocycles. The highest BCUT2D eigenvalue weighted by Gasteiger charge is 2.05. The first-order valence-electron chi connectivity index (χ1n) is 4.62. The van der Waals surface area contributed by atoms with Gasteiger partial charge in [-0.25, -0.2) is 0 Å². The average Bonchev–Trinajstić information content (AvgIpc) is 1.96. The predicted octanol–water partition coefficient (Wildman–Crippen LogP) is 3.10. The molecule has 0 heterocycles. The Hall–Kier alpha value is -0.720. The van der Waals surface area contributed by atoms with E-state index in [1.54, 1.807) is 0 Å². The molecule has 0 aromatic carbocycles. The van der Waals surface area contributed by atoms with Gasteiger partial charge in [-0.05, 0) is 32.6 Å². The summed E-state index contributed by atoms with van der Waals surface area (Å²) in [5.41, 5.74) is 2.34. The molecule has 0 bridgehead atoms. The molecule has 1 atom stereocenters. The molecule has 0 aliphatic heterocycles. The van der Waals surface area contributed by atoms with Gasteiger partial charge in [0.05, 0.1) is 0 Å². The van der Waals surface area contributed by atoms with Crippen molar-refractivity contribution in [3.05, 3.63) is 24.4 Å². The lowest BCUT2D eigenvalue weighted by atomic mass is 9.95. The summed E-state index contributed by atoms with van der Waals surface area (Å²) in [6.45, 7) is 15.1. The van der Waals surface area contributed by atoms with Crippen LogP contribution in [0.5, 0.6) is 0 Å². The van der Waals surface area contributed by atoms with Gasteiger partial charge in [0.1, 0.15) is 0 Å². The molecule has 0 fully saturated rings. The summed E-state index contributed by atoms with van der Waals surface area (Å²) in [5, 5.41) is 3.23. The van der Waals surface area contributed by atoms with E-state index in [0.29, 0.717) is 5.92 Å². The van der Waals surface area contributed by atoms with Gasteiger partial charge in [0.25, 0.3) is 0 Å². The minimum atomic E-state index is 0.664. The van der Waals surface area contributed by atoms with Crippen LogP contribution >= 0.6 is 0 Å². The molecule has 1 N–H and O–H groups in total. The van der Waals surface area contributed by atoms with Crippen LogP contribution in [0.2, 0.25) is 0 Å². The first-order valence-corrected chi connectivity index (χ1v) is 4.62. The average molecular weight is 167 g/mol. The van der Waals surface area contributed by atoms with Crippen molar-refractivity contribution in [3.63, 3.8) is 0 Å². The molecule has 1 heteroatoms. The molecule has 0 rings (SSSR count). The summed E-state index contributed by atoms with van der Waals surface area (Å²) in [6.07, 6.45) is 2.35. The fourth-order valence-corrected chi connectivity index (χ4v) is 1.26. The van der Waals surface area contributed by atoms with Gasteiger partial charge in [-0.1, -0.05) is 25.7 Å². The SMILES string of the molecule is C=C(C)NCCC(CC)C(=C)C. The molecule has 0 saturated carbocycles. The third-order valence-corrected chi connectivity index (χ3v) is 2.11. The zero-order valence-corrected chi connectivity index (χ0v) is 8.61. The van der Waals surface area contributed by atoms with Gasteiger partial charge in [-0.15, -0.1) is 0 Å². The smallest absolute Gasteiger partial charge is 0.0149 e. The molecule has 0 radical (unpaired) electrons. The highest BCUT2D eigenvalue weighted by Crippen LogP contribution is 2.15. The Morgan fingerprint density at radius 3 is 2.25 bits per heavy atom. The Morgan fingerprint density at radius 2 is 1.92 bits per heavy atom. The number of allylic oxidation sites excluding steroid dienone is 2. The standard InChI is InChI=1S/C11H21N/c1-6-11(9(2)3)7-8-12-10(4)5/h11-12H,2,4,6-8H2,1,3,5H3. The van der Waals surface area contributed by atoms with E-state index in [0.717, 1.165) is 12.2 Å². The van der Waals surface area contributed by atoms with Gasteiger partial charge in [-0.3, -0.25) is 0 Å². The summed E-state index contributed by atoms with van der Waals surface area (Å²) in [4.78, 5) is 0. The van der Waals surface area contributed by atoms with Gasteiger partial charge < -0.3 is 5.32 Å². The monoisotopic (exact) mass is 167 g/mol. The fourth-order valence-electron chi connectivity index (χ4n) is 1.26. The van der Waals surface area contributed by atoms with Crippen LogP contribution in [0.15, 0.2) is 24.4 Å². The normalized spacial score (nSPS) is 12.2. The van der Waals surface area contributed by atoms with E-state index in [1.807, 2.05) is 6.92 Å². The summed E-state index contributed by atoms with van der Waals surface area (Å²) < 4.78 is 0. The topological polar surface area (TPSA) is 12.0 Å². The number of hydrogen-bond donors (Lipinski definition) is 1. The van der Waals surface area contributed by atoms with E-state index >= 15 is 0 Å². The Labute approximate surface area is 76.6 Å². The lowest BCUT2D eigenvalue weighted by Gasteiger charge is -2.15. The van der Waals surface area contributed by atoms with Crippen LogP contribution in [0.25, 0.3) is 0 Å². The van der Waals surface area contributed by atoms with E-state index in [4.69, 9.17) is 0 Å².